The van der Waals surface area contributed by atoms with E-state index in [2.05, 4.69) is 19.9 Å². The van der Waals surface area contributed by atoms with Crippen molar-refractivity contribution >= 4 is 22.9 Å². The number of imidazole rings is 1. The number of aromatic nitrogens is 4. The Labute approximate surface area is 91.7 Å². The van der Waals surface area contributed by atoms with Gasteiger partial charge in [-0.15, -0.1) is 11.8 Å². The van der Waals surface area contributed by atoms with Crippen LogP contribution in [0.25, 0.3) is 11.2 Å². The van der Waals surface area contributed by atoms with Crippen LogP contribution in [0.2, 0.25) is 0 Å². The number of H-pyrrole nitrogens is 1. The Morgan fingerprint density at radius 3 is 3.20 bits per heavy atom. The number of fused-ring (bicyclic) bond motifs is 1. The van der Waals surface area contributed by atoms with Gasteiger partial charge in [0.25, 0.3) is 0 Å². The number of nitrogens with zero attached hydrogens (tertiary/aromatic N) is 3. The lowest BCUT2D eigenvalue weighted by atomic mass is 10.6. The van der Waals surface area contributed by atoms with E-state index >= 15 is 0 Å². The van der Waals surface area contributed by atoms with Crippen LogP contribution in [0.4, 0.5) is 0 Å². The molecule has 2 rings (SSSR count). The van der Waals surface area contributed by atoms with Crippen molar-refractivity contribution in [2.45, 2.75) is 11.9 Å². The van der Waals surface area contributed by atoms with Crippen LogP contribution in [0.15, 0.2) is 17.7 Å². The van der Waals surface area contributed by atoms with Gasteiger partial charge >= 0.3 is 0 Å². The van der Waals surface area contributed by atoms with Crippen LogP contribution in [0.1, 0.15) is 6.92 Å². The highest BCUT2D eigenvalue weighted by molar-refractivity contribution is 7.99. The zero-order chi connectivity index (χ0) is 10.5. The van der Waals surface area contributed by atoms with Crippen molar-refractivity contribution in [3.8, 4) is 0 Å². The summed E-state index contributed by atoms with van der Waals surface area (Å²) >= 11 is 1.65. The SMILES string of the molecule is CCOCCSc1ncnc2nc[nH]c12. The Balaban J connectivity index is 2.04. The molecule has 0 bridgehead atoms. The topological polar surface area (TPSA) is 63.7 Å². The zero-order valence-corrected chi connectivity index (χ0v) is 9.25. The van der Waals surface area contributed by atoms with Crippen molar-refractivity contribution in [1.82, 2.24) is 19.9 Å². The van der Waals surface area contributed by atoms with E-state index in [1.165, 1.54) is 6.33 Å². The third kappa shape index (κ3) is 2.45. The molecule has 0 radical (unpaired) electrons. The van der Waals surface area contributed by atoms with Crippen molar-refractivity contribution in [3.63, 3.8) is 0 Å². The molecule has 6 heteroatoms. The lowest BCUT2D eigenvalue weighted by Crippen LogP contribution is -1.96. The predicted octanol–water partition coefficient (Wildman–Crippen LogP) is 1.48. The Hall–Kier alpha value is -1.14. The zero-order valence-electron chi connectivity index (χ0n) is 8.43. The van der Waals surface area contributed by atoms with Gasteiger partial charge in [-0.25, -0.2) is 15.0 Å². The van der Waals surface area contributed by atoms with Gasteiger partial charge in [0, 0.05) is 12.4 Å². The van der Waals surface area contributed by atoms with Crippen molar-refractivity contribution in [2.75, 3.05) is 19.0 Å². The third-order valence-electron chi connectivity index (χ3n) is 1.86. The largest absolute Gasteiger partial charge is 0.381 e. The first-order valence-corrected chi connectivity index (χ1v) is 5.75. The van der Waals surface area contributed by atoms with Crippen LogP contribution >= 0.6 is 11.8 Å². The van der Waals surface area contributed by atoms with Crippen LogP contribution in [-0.4, -0.2) is 38.9 Å². The second kappa shape index (κ2) is 5.09. The van der Waals surface area contributed by atoms with Gasteiger partial charge in [0.05, 0.1) is 12.9 Å². The Morgan fingerprint density at radius 2 is 2.33 bits per heavy atom. The first-order valence-electron chi connectivity index (χ1n) is 4.76. The summed E-state index contributed by atoms with van der Waals surface area (Å²) in [6, 6.07) is 0. The maximum Gasteiger partial charge on any atom is 0.181 e. The fourth-order valence-corrected chi connectivity index (χ4v) is 2.00. The van der Waals surface area contributed by atoms with Crippen LogP contribution in [0, 0.1) is 0 Å². The van der Waals surface area contributed by atoms with Gasteiger partial charge in [0.15, 0.2) is 5.65 Å². The van der Waals surface area contributed by atoms with E-state index in [0.29, 0.717) is 5.65 Å². The minimum absolute atomic E-state index is 0.712. The molecule has 0 aliphatic carbocycles. The van der Waals surface area contributed by atoms with Crippen molar-refractivity contribution in [1.29, 1.82) is 0 Å². The average molecular weight is 224 g/mol. The summed E-state index contributed by atoms with van der Waals surface area (Å²) in [5.41, 5.74) is 1.61. The van der Waals surface area contributed by atoms with E-state index in [-0.39, 0.29) is 0 Å². The molecule has 0 spiro atoms. The third-order valence-corrected chi connectivity index (χ3v) is 2.81. The summed E-state index contributed by atoms with van der Waals surface area (Å²) in [6.07, 6.45) is 3.16. The molecule has 0 saturated heterocycles. The number of aromatic amines is 1. The lowest BCUT2D eigenvalue weighted by Gasteiger charge is -2.01. The van der Waals surface area contributed by atoms with Crippen molar-refractivity contribution in [3.05, 3.63) is 12.7 Å². The lowest BCUT2D eigenvalue weighted by molar-refractivity contribution is 0.164. The summed E-state index contributed by atoms with van der Waals surface area (Å²) < 4.78 is 5.26. The number of ether oxygens (including phenoxy) is 1. The molecule has 0 atom stereocenters. The van der Waals surface area contributed by atoms with Gasteiger partial charge in [0.1, 0.15) is 16.9 Å². The van der Waals surface area contributed by atoms with E-state index < -0.39 is 0 Å². The molecule has 0 aliphatic rings. The molecule has 2 heterocycles. The van der Waals surface area contributed by atoms with Gasteiger partial charge in [-0.3, -0.25) is 0 Å². The maximum absolute atomic E-state index is 5.26. The number of hydrogen-bond donors (Lipinski definition) is 1. The average Bonchev–Trinajstić information content (AvgIpc) is 2.73. The number of rotatable bonds is 5. The molecule has 80 valence electrons. The minimum Gasteiger partial charge on any atom is -0.381 e. The van der Waals surface area contributed by atoms with E-state index in [0.717, 1.165) is 29.5 Å². The van der Waals surface area contributed by atoms with Gasteiger partial charge < -0.3 is 9.72 Å². The Kier molecular flexibility index (Phi) is 3.52. The van der Waals surface area contributed by atoms with E-state index in [1.807, 2.05) is 6.92 Å². The smallest absolute Gasteiger partial charge is 0.181 e. The fourth-order valence-electron chi connectivity index (χ4n) is 1.19. The molecule has 0 saturated carbocycles. The molecule has 0 aliphatic heterocycles. The van der Waals surface area contributed by atoms with Crippen molar-refractivity contribution in [2.24, 2.45) is 0 Å². The molecule has 0 fully saturated rings. The molecule has 15 heavy (non-hydrogen) atoms. The molecule has 2 aromatic rings. The normalized spacial score (nSPS) is 11.0. The maximum atomic E-state index is 5.26. The Morgan fingerprint density at radius 1 is 1.40 bits per heavy atom. The highest BCUT2D eigenvalue weighted by Gasteiger charge is 2.05. The number of thioether (sulfide) groups is 1. The first kappa shape index (κ1) is 10.4. The van der Waals surface area contributed by atoms with Crippen LogP contribution in [0.3, 0.4) is 0 Å². The predicted molar refractivity (Wildman–Crippen MR) is 58.9 cm³/mol. The molecule has 1 N–H and O–H groups in total. The van der Waals surface area contributed by atoms with Gasteiger partial charge in [0.2, 0.25) is 0 Å². The van der Waals surface area contributed by atoms with Crippen LogP contribution < -0.4 is 0 Å². The molecule has 2 aromatic heterocycles. The van der Waals surface area contributed by atoms with Crippen LogP contribution in [0.5, 0.6) is 0 Å². The summed E-state index contributed by atoms with van der Waals surface area (Å²) in [5, 5.41) is 0.928. The van der Waals surface area contributed by atoms with Gasteiger partial charge in [-0.2, -0.15) is 0 Å². The van der Waals surface area contributed by atoms with Crippen molar-refractivity contribution < 1.29 is 4.74 Å². The number of nitrogens with one attached hydrogen (secondary N) is 1. The highest BCUT2D eigenvalue weighted by Crippen LogP contribution is 2.21. The summed E-state index contributed by atoms with van der Waals surface area (Å²) in [5.74, 6) is 0.888. The van der Waals surface area contributed by atoms with Gasteiger partial charge in [-0.05, 0) is 6.92 Å². The molecule has 0 aromatic carbocycles. The molecule has 0 amide bonds. The number of hydrogen-bond acceptors (Lipinski definition) is 5. The standard InChI is InChI=1S/C9H12N4OS/c1-2-14-3-4-15-9-7-8(11-5-10-7)12-6-13-9/h5-6H,2-4H2,1H3,(H,10,11,12,13). The highest BCUT2D eigenvalue weighted by atomic mass is 32.2. The molecule has 0 unspecified atom stereocenters. The molecule has 5 nitrogen and oxygen atoms in total. The quantitative estimate of drug-likeness (QED) is 0.473. The summed E-state index contributed by atoms with van der Waals surface area (Å²) in [7, 11) is 0. The first-order chi connectivity index (χ1) is 7.42. The summed E-state index contributed by atoms with van der Waals surface area (Å²) in [4.78, 5) is 15.4. The van der Waals surface area contributed by atoms with Gasteiger partial charge in [-0.1, -0.05) is 0 Å². The minimum atomic E-state index is 0.712. The van der Waals surface area contributed by atoms with E-state index in [9.17, 15) is 0 Å². The Bertz CT molecular complexity index is 431. The van der Waals surface area contributed by atoms with Crippen LogP contribution in [-0.2, 0) is 4.74 Å². The second-order valence-electron chi connectivity index (χ2n) is 2.83. The monoisotopic (exact) mass is 224 g/mol. The molecular formula is C9H12N4OS. The second-order valence-corrected chi connectivity index (χ2v) is 3.91. The molecular weight excluding hydrogens is 212 g/mol. The summed E-state index contributed by atoms with van der Waals surface area (Å²) in [6.45, 7) is 3.48. The fraction of sp³-hybridized carbons (Fsp3) is 0.444. The van der Waals surface area contributed by atoms with E-state index in [4.69, 9.17) is 4.74 Å². The van der Waals surface area contributed by atoms with E-state index in [1.54, 1.807) is 18.1 Å².